The maximum Gasteiger partial charge on any atom is 0.343 e. The van der Waals surface area contributed by atoms with Gasteiger partial charge in [0.1, 0.15) is 0 Å². The normalized spacial score (nSPS) is 18.8. The molecule has 0 spiro atoms. The summed E-state index contributed by atoms with van der Waals surface area (Å²) in [4.78, 5) is 49.4. The molecule has 1 aliphatic heterocycles. The predicted octanol–water partition coefficient (Wildman–Crippen LogP) is 3.95. The van der Waals surface area contributed by atoms with Crippen LogP contribution in [0.1, 0.15) is 50.3 Å². The minimum Gasteiger partial charge on any atom is -0.466 e. The number of thioether (sulfide) groups is 1. The molecule has 0 fully saturated rings. The molecule has 0 saturated heterocycles. The van der Waals surface area contributed by atoms with Crippen LogP contribution in [0, 0.1) is 12.3 Å². The molecule has 0 saturated carbocycles. The monoisotopic (exact) mass is 607 g/mol. The number of amides is 2. The van der Waals surface area contributed by atoms with Gasteiger partial charge in [-0.15, -0.1) is 0 Å². The highest BCUT2D eigenvalue weighted by atomic mass is 32.2. The smallest absolute Gasteiger partial charge is 0.343 e. The molecule has 43 heavy (non-hydrogen) atoms. The molecule has 2 aromatic rings. The summed E-state index contributed by atoms with van der Waals surface area (Å²) < 4.78 is 5.34. The first-order chi connectivity index (χ1) is 20.7. The summed E-state index contributed by atoms with van der Waals surface area (Å²) in [7, 11) is 1.91. The fourth-order valence-corrected chi connectivity index (χ4v) is 5.18. The predicted molar refractivity (Wildman–Crippen MR) is 174 cm³/mol. The Morgan fingerprint density at radius 3 is 2.60 bits per heavy atom. The van der Waals surface area contributed by atoms with E-state index < -0.39 is 11.4 Å². The van der Waals surface area contributed by atoms with E-state index in [1.54, 1.807) is 31.0 Å². The lowest BCUT2D eigenvalue weighted by atomic mass is 9.83. The van der Waals surface area contributed by atoms with Gasteiger partial charge in [-0.3, -0.25) is 14.8 Å². The van der Waals surface area contributed by atoms with Gasteiger partial charge in [-0.05, 0) is 69.4 Å². The average molecular weight is 608 g/mol. The Bertz CT molecular complexity index is 1380. The number of hydrogen-bond acceptors (Lipinski definition) is 10. The van der Waals surface area contributed by atoms with Gasteiger partial charge in [-0.1, -0.05) is 17.8 Å². The fourth-order valence-electron chi connectivity index (χ4n) is 4.37. The van der Waals surface area contributed by atoms with E-state index in [1.807, 2.05) is 51.9 Å². The number of nitrogens with zero attached hydrogens (tertiary/aromatic N) is 6. The van der Waals surface area contributed by atoms with E-state index in [-0.39, 0.29) is 11.1 Å². The lowest BCUT2D eigenvalue weighted by Crippen LogP contribution is -2.32. The Morgan fingerprint density at radius 1 is 1.19 bits per heavy atom. The van der Waals surface area contributed by atoms with Crippen molar-refractivity contribution in [3.05, 3.63) is 53.5 Å². The Morgan fingerprint density at radius 2 is 1.91 bits per heavy atom. The number of anilines is 1. The van der Waals surface area contributed by atoms with Crippen molar-refractivity contribution in [1.82, 2.24) is 20.6 Å². The van der Waals surface area contributed by atoms with Gasteiger partial charge < -0.3 is 26.0 Å². The van der Waals surface area contributed by atoms with Crippen LogP contribution in [0.15, 0.2) is 56.7 Å². The van der Waals surface area contributed by atoms with Crippen LogP contribution >= 0.6 is 11.8 Å². The van der Waals surface area contributed by atoms with Crippen molar-refractivity contribution >= 4 is 53.0 Å². The van der Waals surface area contributed by atoms with E-state index in [4.69, 9.17) is 10.5 Å². The molecule has 0 radical (unpaired) electrons. The number of ether oxygens (including phenoxy) is 1. The van der Waals surface area contributed by atoms with E-state index in [2.05, 4.69) is 41.6 Å². The standard InChI is InChI=1S/C30H41N9O3S/c1-6-35-29(41)38-27(31)43-25-21(3)15-22(16-23(25)19-39(5)28-36-11-8-12-37-28)24-17-32-13-9-30(4,26(40)42-7-2)10-14-33-20-34-18-24/h8,11-12,15-18,20H,6-7,9-10,13-14,19H2,1-5H3,(H,33,34)(H3,31,35,38,41)/b24-18+,32-17?. The maximum absolute atomic E-state index is 12.7. The number of urea groups is 1. The maximum atomic E-state index is 12.7. The first-order valence-corrected chi connectivity index (χ1v) is 15.0. The topological polar surface area (TPSA) is 160 Å². The molecule has 2 amide bonds. The van der Waals surface area contributed by atoms with Crippen LogP contribution in [-0.4, -0.2) is 73.0 Å². The molecule has 1 aromatic carbocycles. The largest absolute Gasteiger partial charge is 0.466 e. The van der Waals surface area contributed by atoms with Crippen molar-refractivity contribution < 1.29 is 14.3 Å². The van der Waals surface area contributed by atoms with E-state index in [9.17, 15) is 9.59 Å². The molecule has 0 aliphatic carbocycles. The van der Waals surface area contributed by atoms with Gasteiger partial charge in [0.15, 0.2) is 5.17 Å². The highest BCUT2D eigenvalue weighted by molar-refractivity contribution is 8.14. The van der Waals surface area contributed by atoms with Crippen molar-refractivity contribution in [2.24, 2.45) is 26.1 Å². The quantitative estimate of drug-likeness (QED) is 0.175. The molecule has 1 aliphatic rings. The van der Waals surface area contributed by atoms with Gasteiger partial charge in [0.25, 0.3) is 0 Å². The summed E-state index contributed by atoms with van der Waals surface area (Å²) in [6.45, 7) is 9.72. The summed E-state index contributed by atoms with van der Waals surface area (Å²) in [6.07, 6.45) is 9.78. The number of carbonyl (C=O) groups is 2. The minimum absolute atomic E-state index is 0.135. The number of amidine groups is 1. The van der Waals surface area contributed by atoms with Crippen molar-refractivity contribution in [3.8, 4) is 0 Å². The molecule has 12 nitrogen and oxygen atoms in total. The second-order valence-electron chi connectivity index (χ2n) is 10.2. The molecule has 2 heterocycles. The third-order valence-electron chi connectivity index (χ3n) is 6.72. The third kappa shape index (κ3) is 9.91. The summed E-state index contributed by atoms with van der Waals surface area (Å²) in [5.74, 6) is 0.343. The van der Waals surface area contributed by atoms with Crippen molar-refractivity contribution in [2.45, 2.75) is 52.0 Å². The second kappa shape index (κ2) is 16.4. The number of aliphatic imine (C=N–C) groups is 3. The molecule has 3 rings (SSSR count). The second-order valence-corrected chi connectivity index (χ2v) is 11.2. The van der Waals surface area contributed by atoms with Crippen LogP contribution in [0.5, 0.6) is 0 Å². The fraction of sp³-hybridized carbons (Fsp3) is 0.433. The van der Waals surface area contributed by atoms with Gasteiger partial charge in [0, 0.05) is 68.5 Å². The van der Waals surface area contributed by atoms with E-state index in [0.717, 1.165) is 27.2 Å². The number of nitrogens with two attached hydrogens (primary N) is 1. The van der Waals surface area contributed by atoms with E-state index >= 15 is 0 Å². The van der Waals surface area contributed by atoms with Crippen molar-refractivity contribution in [2.75, 3.05) is 38.2 Å². The minimum atomic E-state index is -0.671. The van der Waals surface area contributed by atoms with Gasteiger partial charge in [0.05, 0.1) is 18.4 Å². The highest BCUT2D eigenvalue weighted by Gasteiger charge is 2.33. The van der Waals surface area contributed by atoms with Gasteiger partial charge in [0.2, 0.25) is 5.95 Å². The van der Waals surface area contributed by atoms with Crippen LogP contribution in [0.2, 0.25) is 0 Å². The molecule has 1 atom stereocenters. The lowest BCUT2D eigenvalue weighted by Gasteiger charge is -2.26. The van der Waals surface area contributed by atoms with E-state index in [0.29, 0.717) is 51.6 Å². The number of carbonyl (C=O) groups excluding carboxylic acids is 2. The number of hydrogen-bond donors (Lipinski definition) is 3. The molecule has 0 bridgehead atoms. The molecule has 4 N–H and O–H groups in total. The molecule has 13 heteroatoms. The van der Waals surface area contributed by atoms with Crippen LogP contribution in [-0.2, 0) is 16.1 Å². The summed E-state index contributed by atoms with van der Waals surface area (Å²) in [5, 5.41) is 5.91. The number of aryl methyl sites for hydroxylation is 1. The zero-order valence-corrected chi connectivity index (χ0v) is 26.3. The number of rotatable bonds is 8. The molecule has 1 unspecified atom stereocenters. The van der Waals surface area contributed by atoms with Gasteiger partial charge >= 0.3 is 12.0 Å². The summed E-state index contributed by atoms with van der Waals surface area (Å²) in [6, 6.07) is 5.37. The Labute approximate surface area is 257 Å². The first kappa shape index (κ1) is 33.2. The third-order valence-corrected chi connectivity index (χ3v) is 7.81. The Balaban J connectivity index is 1.99. The van der Waals surface area contributed by atoms with Crippen LogP contribution in [0.4, 0.5) is 10.7 Å². The lowest BCUT2D eigenvalue weighted by molar-refractivity contribution is -0.155. The Hall–Kier alpha value is -4.26. The van der Waals surface area contributed by atoms with E-state index in [1.165, 1.54) is 11.8 Å². The van der Waals surface area contributed by atoms with Crippen LogP contribution < -0.4 is 21.3 Å². The van der Waals surface area contributed by atoms with Crippen molar-refractivity contribution in [1.29, 1.82) is 0 Å². The van der Waals surface area contributed by atoms with Crippen LogP contribution in [0.25, 0.3) is 5.57 Å². The number of benzene rings is 1. The van der Waals surface area contributed by atoms with Gasteiger partial charge in [-0.25, -0.2) is 14.8 Å². The van der Waals surface area contributed by atoms with Crippen LogP contribution in [0.3, 0.4) is 0 Å². The molecular formula is C30H41N9O3S. The number of nitrogens with one attached hydrogen (secondary N) is 2. The molecule has 230 valence electrons. The summed E-state index contributed by atoms with van der Waals surface area (Å²) in [5.41, 5.74) is 9.13. The number of esters is 1. The number of aromatic nitrogens is 2. The Kier molecular flexibility index (Phi) is 12.7. The zero-order chi connectivity index (χ0) is 31.2. The first-order valence-electron chi connectivity index (χ1n) is 14.2. The summed E-state index contributed by atoms with van der Waals surface area (Å²) >= 11 is 1.23. The van der Waals surface area contributed by atoms with Gasteiger partial charge in [-0.2, -0.15) is 4.99 Å². The average Bonchev–Trinajstić information content (AvgIpc) is 2.97. The van der Waals surface area contributed by atoms with Crippen molar-refractivity contribution in [3.63, 3.8) is 0 Å². The number of allylic oxidation sites excluding steroid dienone is 1. The molecular weight excluding hydrogens is 566 g/mol. The zero-order valence-electron chi connectivity index (χ0n) is 25.5. The molecule has 1 aromatic heterocycles. The SMILES string of the molecule is CCNC(=O)/N=C(\N)Sc1c(C)cc(/C2=C/NC=NCCC(C)(C(=O)OCC)CCN=C2)cc1CN(C)c1ncccn1. The highest BCUT2D eigenvalue weighted by Crippen LogP contribution is 2.32.